The van der Waals surface area contributed by atoms with Gasteiger partial charge < -0.3 is 37.6 Å². The molecule has 1 saturated heterocycles. The number of nitrogens with two attached hydrogens (primary N) is 3. The summed E-state index contributed by atoms with van der Waals surface area (Å²) in [6.45, 7) is 5.33. The van der Waals surface area contributed by atoms with Crippen LogP contribution in [0.15, 0.2) is 45.7 Å². The van der Waals surface area contributed by atoms with Gasteiger partial charge in [0.25, 0.3) is 11.8 Å². The molecule has 19 heteroatoms. The molecule has 0 aromatic carbocycles. The first-order valence-electron chi connectivity index (χ1n) is 12.4. The molecule has 2 aliphatic heterocycles. The fourth-order valence-corrected chi connectivity index (χ4v) is 7.28. The molecule has 0 radical (unpaired) electrons. The largest absolute Gasteiger partial charge is 0.478 e. The van der Waals surface area contributed by atoms with E-state index < -0.39 is 40.8 Å². The van der Waals surface area contributed by atoms with Crippen LogP contribution in [-0.2, 0) is 37.0 Å². The number of carboxylic acid groups (broad SMARTS) is 2. The molecule has 4 rings (SSSR count). The van der Waals surface area contributed by atoms with Crippen LogP contribution in [0.3, 0.4) is 0 Å². The molecule has 16 nitrogen and oxygen atoms in total. The van der Waals surface area contributed by atoms with Crippen LogP contribution in [0, 0.1) is 0 Å². The Morgan fingerprint density at radius 3 is 2.72 bits per heavy atom. The van der Waals surface area contributed by atoms with Gasteiger partial charge in [-0.05, 0) is 24.3 Å². The lowest BCUT2D eigenvalue weighted by atomic mass is 10.0. The number of allylic oxidation sites excluding steroid dienone is 1. The van der Waals surface area contributed by atoms with Gasteiger partial charge in [-0.2, -0.15) is 0 Å². The van der Waals surface area contributed by atoms with Crippen molar-refractivity contribution in [2.24, 2.45) is 5.16 Å². The van der Waals surface area contributed by atoms with E-state index in [1.807, 2.05) is 0 Å². The molecule has 2 aromatic rings. The predicted octanol–water partition coefficient (Wildman–Crippen LogP) is -0.323. The normalized spacial score (nSPS) is 19.4. The van der Waals surface area contributed by atoms with Crippen molar-refractivity contribution in [3.63, 3.8) is 0 Å². The number of aromatic nitrogens is 3. The highest BCUT2D eigenvalue weighted by Gasteiger charge is 2.54. The number of nitrogens with zero attached hydrogens (tertiary/aromatic N) is 5. The molecular weight excluding hydrogens is 623 g/mol. The SMILES string of the molecule is C=CC[n+]1c(N)cc(N)nc1SCC1=C(C(=O)O)N2C(=O)C(NC(=O)/C=N\OC(C)(Cc3csc(N)n3)C(=O)O)C2SC1. The standard InChI is InChI=1S/C24H27N9O7S3/c1-3-4-32-14(26)5-13(25)30-23(32)43-9-11-8-41-19-16(18(35)33(19)17(11)20(36)37)31-15(34)7-28-40-24(2,21(38)39)6-12-10-42-22(27)29-12/h3,5,7,10,16,19H,1,4,6,8-9H2,2H3,(H8,25,26,27,29,31,34,36,37,38,39)/p+1/b28-7-. The van der Waals surface area contributed by atoms with Gasteiger partial charge in [-0.15, -0.1) is 23.1 Å². The fraction of sp³-hybridized carbons (Fsp3) is 0.333. The maximum Gasteiger partial charge on any atom is 0.352 e. The van der Waals surface area contributed by atoms with Gasteiger partial charge in [-0.1, -0.05) is 22.8 Å². The number of carboxylic acids is 2. The lowest BCUT2D eigenvalue weighted by Crippen LogP contribution is -2.70. The van der Waals surface area contributed by atoms with Gasteiger partial charge in [0.2, 0.25) is 17.2 Å². The highest BCUT2D eigenvalue weighted by molar-refractivity contribution is 8.01. The summed E-state index contributed by atoms with van der Waals surface area (Å²) in [4.78, 5) is 64.0. The van der Waals surface area contributed by atoms with Crippen molar-refractivity contribution < 1.29 is 38.8 Å². The van der Waals surface area contributed by atoms with E-state index in [-0.39, 0.29) is 34.6 Å². The van der Waals surface area contributed by atoms with Crippen molar-refractivity contribution in [1.29, 1.82) is 0 Å². The molecule has 0 bridgehead atoms. The number of fused-ring (bicyclic) bond motifs is 1. The maximum absolute atomic E-state index is 13.0. The van der Waals surface area contributed by atoms with Crippen molar-refractivity contribution in [1.82, 2.24) is 20.2 Å². The number of nitrogens with one attached hydrogen (secondary N) is 1. The molecule has 4 heterocycles. The number of thiazole rings is 1. The molecule has 0 saturated carbocycles. The average Bonchev–Trinajstić information content (AvgIpc) is 3.35. The van der Waals surface area contributed by atoms with Gasteiger partial charge in [0.15, 0.2) is 5.13 Å². The minimum absolute atomic E-state index is 0.163. The topological polar surface area (TPSA) is 253 Å². The monoisotopic (exact) mass is 650 g/mol. The molecule has 2 aliphatic rings. The number of aliphatic carboxylic acids is 2. The summed E-state index contributed by atoms with van der Waals surface area (Å²) in [6.07, 6.45) is 2.18. The van der Waals surface area contributed by atoms with Crippen molar-refractivity contribution in [3.05, 3.63) is 41.1 Å². The van der Waals surface area contributed by atoms with Gasteiger partial charge in [-0.25, -0.2) is 19.1 Å². The van der Waals surface area contributed by atoms with Crippen LogP contribution in [0.25, 0.3) is 0 Å². The second kappa shape index (κ2) is 12.9. The van der Waals surface area contributed by atoms with E-state index in [2.05, 4.69) is 27.0 Å². The van der Waals surface area contributed by atoms with Crippen molar-refractivity contribution in [2.75, 3.05) is 28.7 Å². The van der Waals surface area contributed by atoms with E-state index in [4.69, 9.17) is 22.0 Å². The number of anilines is 3. The summed E-state index contributed by atoms with van der Waals surface area (Å²) in [6, 6.07) is 0.478. The number of carbonyl (C=O) groups excluding carboxylic acids is 2. The Balaban J connectivity index is 1.41. The minimum Gasteiger partial charge on any atom is -0.478 e. The molecule has 0 spiro atoms. The lowest BCUT2D eigenvalue weighted by molar-refractivity contribution is -0.713. The third kappa shape index (κ3) is 6.83. The predicted molar refractivity (Wildman–Crippen MR) is 160 cm³/mol. The summed E-state index contributed by atoms with van der Waals surface area (Å²) in [5.74, 6) is -3.06. The number of oxime groups is 1. The molecule has 0 aliphatic carbocycles. The van der Waals surface area contributed by atoms with Crippen LogP contribution in [0.4, 0.5) is 16.8 Å². The Kier molecular flexibility index (Phi) is 9.46. The number of hydrogen-bond acceptors (Lipinski definition) is 14. The molecule has 228 valence electrons. The summed E-state index contributed by atoms with van der Waals surface area (Å²) < 4.78 is 1.67. The molecule has 3 unspecified atom stereocenters. The Morgan fingerprint density at radius 1 is 1.35 bits per heavy atom. The first-order valence-corrected chi connectivity index (χ1v) is 15.3. The third-order valence-electron chi connectivity index (χ3n) is 6.26. The van der Waals surface area contributed by atoms with Crippen LogP contribution >= 0.6 is 34.9 Å². The lowest BCUT2D eigenvalue weighted by Gasteiger charge is -2.49. The van der Waals surface area contributed by atoms with E-state index in [9.17, 15) is 29.4 Å². The molecule has 2 aromatic heterocycles. The molecule has 1 fully saturated rings. The Labute approximate surface area is 257 Å². The Bertz CT molecular complexity index is 1550. The van der Waals surface area contributed by atoms with E-state index in [0.29, 0.717) is 35.0 Å². The zero-order valence-corrected chi connectivity index (χ0v) is 25.1. The van der Waals surface area contributed by atoms with Gasteiger partial charge in [0.05, 0.1) is 18.3 Å². The van der Waals surface area contributed by atoms with Crippen LogP contribution < -0.4 is 27.1 Å². The van der Waals surface area contributed by atoms with Gasteiger partial charge in [0.1, 0.15) is 23.3 Å². The van der Waals surface area contributed by atoms with Crippen LogP contribution in [0.1, 0.15) is 12.6 Å². The van der Waals surface area contributed by atoms with Crippen LogP contribution in [0.5, 0.6) is 0 Å². The van der Waals surface area contributed by atoms with Crippen molar-refractivity contribution >= 4 is 81.6 Å². The van der Waals surface area contributed by atoms with Gasteiger partial charge in [-0.3, -0.25) is 14.5 Å². The van der Waals surface area contributed by atoms with E-state index in [0.717, 1.165) is 16.2 Å². The molecule has 43 heavy (non-hydrogen) atoms. The summed E-state index contributed by atoms with van der Waals surface area (Å²) >= 11 is 3.64. The Hall–Kier alpha value is -4.36. The van der Waals surface area contributed by atoms with Crippen LogP contribution in [-0.4, -0.2) is 83.6 Å². The van der Waals surface area contributed by atoms with E-state index in [1.54, 1.807) is 16.0 Å². The van der Waals surface area contributed by atoms with E-state index in [1.165, 1.54) is 36.5 Å². The highest BCUT2D eigenvalue weighted by atomic mass is 32.2. The molecule has 9 N–H and O–H groups in total. The summed E-state index contributed by atoms with van der Waals surface area (Å²) in [7, 11) is 0. The van der Waals surface area contributed by atoms with Gasteiger partial charge >= 0.3 is 17.1 Å². The minimum atomic E-state index is -1.84. The Morgan fingerprint density at radius 2 is 2.09 bits per heavy atom. The summed E-state index contributed by atoms with van der Waals surface area (Å²) in [5, 5.41) is 27.2. The number of nitrogen functional groups attached to an aromatic ring is 3. The van der Waals surface area contributed by atoms with Crippen LogP contribution in [0.2, 0.25) is 0 Å². The van der Waals surface area contributed by atoms with Crippen molar-refractivity contribution in [2.45, 2.75) is 42.1 Å². The number of β-lactam (4-membered cyclic amide) rings is 1. The number of hydrogen-bond donors (Lipinski definition) is 6. The first kappa shape index (κ1) is 31.6. The molecule has 2 amide bonds. The maximum atomic E-state index is 13.0. The van der Waals surface area contributed by atoms with Crippen molar-refractivity contribution in [3.8, 4) is 0 Å². The highest BCUT2D eigenvalue weighted by Crippen LogP contribution is 2.41. The van der Waals surface area contributed by atoms with Gasteiger partial charge in [0, 0.05) is 23.3 Å². The number of amides is 2. The zero-order chi connectivity index (χ0) is 31.5. The fourth-order valence-electron chi connectivity index (χ4n) is 4.19. The smallest absolute Gasteiger partial charge is 0.352 e. The molecular formula is C24H28N9O7S3+. The average molecular weight is 651 g/mol. The van der Waals surface area contributed by atoms with E-state index >= 15 is 0 Å². The first-order chi connectivity index (χ1) is 20.3. The summed E-state index contributed by atoms with van der Waals surface area (Å²) in [5.41, 5.74) is 16.3. The number of rotatable bonds is 13. The number of carbonyl (C=O) groups is 4. The molecule has 3 atom stereocenters. The zero-order valence-electron chi connectivity index (χ0n) is 22.6. The third-order valence-corrected chi connectivity index (χ3v) is 9.39. The second-order valence-electron chi connectivity index (χ2n) is 9.45. The second-order valence-corrected chi connectivity index (χ2v) is 12.4. The quantitative estimate of drug-likeness (QED) is 0.0309. The number of thioether (sulfide) groups is 2.